The summed E-state index contributed by atoms with van der Waals surface area (Å²) in [5.41, 5.74) is 0.690. The molecule has 1 aromatic carbocycles. The third kappa shape index (κ3) is 4.33. The minimum atomic E-state index is -0.720. The largest absolute Gasteiger partial charge is 0.352 e. The Labute approximate surface area is 169 Å². The van der Waals surface area contributed by atoms with Crippen LogP contribution in [0.4, 0.5) is 4.39 Å². The third-order valence-electron chi connectivity index (χ3n) is 4.16. The number of rotatable bonds is 6. The van der Waals surface area contributed by atoms with E-state index in [0.29, 0.717) is 11.3 Å². The molecular weight excluding hydrogens is 401 g/mol. The fourth-order valence-corrected chi connectivity index (χ4v) is 2.79. The maximum absolute atomic E-state index is 14.0. The van der Waals surface area contributed by atoms with Crippen LogP contribution in [0.15, 0.2) is 35.0 Å². The maximum atomic E-state index is 14.0. The molecule has 0 fully saturated rings. The Morgan fingerprint density at radius 1 is 1.41 bits per heavy atom. The molecule has 10 heteroatoms. The summed E-state index contributed by atoms with van der Waals surface area (Å²) in [6.45, 7) is 3.37. The Kier molecular flexibility index (Phi) is 5.75. The van der Waals surface area contributed by atoms with Crippen LogP contribution in [-0.2, 0) is 0 Å². The van der Waals surface area contributed by atoms with E-state index in [1.54, 1.807) is 23.0 Å². The van der Waals surface area contributed by atoms with E-state index in [9.17, 15) is 14.0 Å². The van der Waals surface area contributed by atoms with E-state index in [1.165, 1.54) is 25.1 Å². The predicted molar refractivity (Wildman–Crippen MR) is 101 cm³/mol. The van der Waals surface area contributed by atoms with E-state index in [1.807, 2.05) is 6.92 Å². The van der Waals surface area contributed by atoms with Gasteiger partial charge in [-0.05, 0) is 25.1 Å². The highest BCUT2D eigenvalue weighted by molar-refractivity contribution is 6.32. The zero-order valence-corrected chi connectivity index (χ0v) is 16.2. The Morgan fingerprint density at radius 3 is 2.79 bits per heavy atom. The molecule has 0 aliphatic rings. The molecule has 1 atom stereocenters. The van der Waals surface area contributed by atoms with Gasteiger partial charge in [-0.3, -0.25) is 14.3 Å². The molecule has 0 radical (unpaired) electrons. The molecule has 0 aliphatic heterocycles. The highest BCUT2D eigenvalue weighted by atomic mass is 35.5. The molecule has 0 saturated carbocycles. The smallest absolute Gasteiger partial charge is 0.273 e. The van der Waals surface area contributed by atoms with Gasteiger partial charge in [0.25, 0.3) is 5.91 Å². The summed E-state index contributed by atoms with van der Waals surface area (Å²) in [6, 6.07) is 7.09. The van der Waals surface area contributed by atoms with E-state index >= 15 is 0 Å². The van der Waals surface area contributed by atoms with Crippen molar-refractivity contribution < 1.29 is 18.5 Å². The molecule has 3 aromatic rings. The van der Waals surface area contributed by atoms with E-state index < -0.39 is 11.7 Å². The first-order valence-corrected chi connectivity index (χ1v) is 8.88. The number of benzene rings is 1. The molecule has 2 aromatic heterocycles. The minimum Gasteiger partial charge on any atom is -0.352 e. The average Bonchev–Trinajstić information content (AvgIpc) is 3.35. The number of ketones is 1. The van der Waals surface area contributed by atoms with Gasteiger partial charge in [-0.2, -0.15) is 10.4 Å². The zero-order chi connectivity index (χ0) is 21.1. The van der Waals surface area contributed by atoms with Crippen LogP contribution in [0, 0.1) is 17.1 Å². The van der Waals surface area contributed by atoms with Gasteiger partial charge in [0.15, 0.2) is 11.5 Å². The summed E-state index contributed by atoms with van der Waals surface area (Å²) in [4.78, 5) is 23.3. The molecule has 0 saturated heterocycles. The number of nitrogens with zero attached hydrogens (tertiary/aromatic N) is 4. The van der Waals surface area contributed by atoms with Crippen LogP contribution >= 0.6 is 11.6 Å². The number of carbonyl (C=O) groups is 2. The summed E-state index contributed by atoms with van der Waals surface area (Å²) in [5.74, 6) is -1.52. The Bertz CT molecular complexity index is 1110. The fraction of sp³-hybridized carbons (Fsp3) is 0.211. The quantitative estimate of drug-likeness (QED) is 0.617. The van der Waals surface area contributed by atoms with E-state index in [2.05, 4.69) is 15.6 Å². The van der Waals surface area contributed by atoms with Crippen LogP contribution in [-0.4, -0.2) is 33.2 Å². The van der Waals surface area contributed by atoms with Crippen LogP contribution in [0.2, 0.25) is 5.02 Å². The van der Waals surface area contributed by atoms with E-state index in [4.69, 9.17) is 21.4 Å². The molecule has 148 valence electrons. The van der Waals surface area contributed by atoms with Gasteiger partial charge in [0.05, 0.1) is 16.8 Å². The molecule has 0 aliphatic carbocycles. The number of halogens is 2. The topological polar surface area (TPSA) is 114 Å². The Balaban J connectivity index is 1.68. The lowest BCUT2D eigenvalue weighted by atomic mass is 10.1. The molecule has 0 spiro atoms. The second-order valence-electron chi connectivity index (χ2n) is 6.30. The standard InChI is InChI=1S/C19H15ClFN5O3/c1-10(9-23-19(28)17-7-18(11(2)27)29-25-17)26-4-3-16(24-26)12-5-14(20)13(8-22)15(21)6-12/h3-7,10H,9H2,1-2H3,(H,23,28). The van der Waals surface area contributed by atoms with Gasteiger partial charge in [0, 0.05) is 31.3 Å². The average molecular weight is 416 g/mol. The van der Waals surface area contributed by atoms with Gasteiger partial charge in [-0.1, -0.05) is 16.8 Å². The lowest BCUT2D eigenvalue weighted by molar-refractivity contribution is 0.0933. The summed E-state index contributed by atoms with van der Waals surface area (Å²) >= 11 is 5.94. The number of carbonyl (C=O) groups excluding carboxylic acids is 2. The Hall–Kier alpha value is -3.51. The van der Waals surface area contributed by atoms with Crippen molar-refractivity contribution in [2.75, 3.05) is 6.54 Å². The highest BCUT2D eigenvalue weighted by Crippen LogP contribution is 2.27. The zero-order valence-electron chi connectivity index (χ0n) is 15.4. The molecule has 3 rings (SSSR count). The Morgan fingerprint density at radius 2 is 2.17 bits per heavy atom. The van der Waals surface area contributed by atoms with Gasteiger partial charge >= 0.3 is 0 Å². The molecule has 2 heterocycles. The summed E-state index contributed by atoms with van der Waals surface area (Å²) in [7, 11) is 0. The highest BCUT2D eigenvalue weighted by Gasteiger charge is 2.17. The molecule has 0 bridgehead atoms. The first kappa shape index (κ1) is 20.2. The normalized spacial score (nSPS) is 11.7. The second kappa shape index (κ2) is 8.24. The molecular formula is C19H15ClFN5O3. The van der Waals surface area contributed by atoms with Crippen molar-refractivity contribution >= 4 is 23.3 Å². The van der Waals surface area contributed by atoms with Crippen molar-refractivity contribution in [1.29, 1.82) is 5.26 Å². The monoisotopic (exact) mass is 415 g/mol. The number of amides is 1. The molecule has 8 nitrogen and oxygen atoms in total. The van der Waals surface area contributed by atoms with Crippen molar-refractivity contribution in [3.05, 3.63) is 58.3 Å². The number of Topliss-reactive ketones (excluding diaryl/α,β-unsaturated/α-hetero) is 1. The fourth-order valence-electron chi connectivity index (χ4n) is 2.54. The van der Waals surface area contributed by atoms with E-state index in [-0.39, 0.29) is 40.4 Å². The van der Waals surface area contributed by atoms with Crippen LogP contribution in [0.3, 0.4) is 0 Å². The lowest BCUT2D eigenvalue weighted by Crippen LogP contribution is -2.30. The number of aromatic nitrogens is 3. The first-order chi connectivity index (χ1) is 13.8. The number of hydrogen-bond acceptors (Lipinski definition) is 6. The maximum Gasteiger partial charge on any atom is 0.273 e. The van der Waals surface area contributed by atoms with E-state index in [0.717, 1.165) is 0 Å². The third-order valence-corrected chi connectivity index (χ3v) is 4.46. The summed E-state index contributed by atoms with van der Waals surface area (Å²) in [6.07, 6.45) is 1.68. The number of nitrogens with one attached hydrogen (secondary N) is 1. The van der Waals surface area contributed by atoms with Gasteiger partial charge in [-0.15, -0.1) is 0 Å². The molecule has 29 heavy (non-hydrogen) atoms. The number of hydrogen-bond donors (Lipinski definition) is 1. The van der Waals surface area contributed by atoms with Crippen LogP contribution in [0.1, 0.15) is 46.5 Å². The molecule has 1 N–H and O–H groups in total. The molecule has 1 unspecified atom stereocenters. The minimum absolute atomic E-state index is 0.00579. The SMILES string of the molecule is CC(=O)c1cc(C(=O)NCC(C)n2ccc(-c3cc(F)c(C#N)c(Cl)c3)n2)no1. The summed E-state index contributed by atoms with van der Waals surface area (Å²) in [5, 5.41) is 19.5. The van der Waals surface area contributed by atoms with Crippen molar-refractivity contribution in [1.82, 2.24) is 20.3 Å². The lowest BCUT2D eigenvalue weighted by Gasteiger charge is -2.12. The number of nitriles is 1. The van der Waals surface area contributed by atoms with Crippen molar-refractivity contribution in [3.63, 3.8) is 0 Å². The van der Waals surface area contributed by atoms with Gasteiger partial charge in [0.2, 0.25) is 5.76 Å². The van der Waals surface area contributed by atoms with Crippen LogP contribution in [0.5, 0.6) is 0 Å². The van der Waals surface area contributed by atoms with Crippen LogP contribution in [0.25, 0.3) is 11.3 Å². The van der Waals surface area contributed by atoms with Gasteiger partial charge in [-0.25, -0.2) is 4.39 Å². The van der Waals surface area contributed by atoms with Gasteiger partial charge in [0.1, 0.15) is 17.4 Å². The molecule has 1 amide bonds. The first-order valence-electron chi connectivity index (χ1n) is 8.50. The summed E-state index contributed by atoms with van der Waals surface area (Å²) < 4.78 is 20.3. The van der Waals surface area contributed by atoms with Crippen molar-refractivity contribution in [3.8, 4) is 17.3 Å². The van der Waals surface area contributed by atoms with Gasteiger partial charge < -0.3 is 9.84 Å². The van der Waals surface area contributed by atoms with Crippen LogP contribution < -0.4 is 5.32 Å². The van der Waals surface area contributed by atoms with Crippen molar-refractivity contribution in [2.45, 2.75) is 19.9 Å². The predicted octanol–water partition coefficient (Wildman–Crippen LogP) is 3.40. The van der Waals surface area contributed by atoms with Crippen molar-refractivity contribution in [2.24, 2.45) is 0 Å². The second-order valence-corrected chi connectivity index (χ2v) is 6.71.